The fraction of sp³-hybridized carbons (Fsp3) is 0.933. The first-order chi connectivity index (χ1) is 9.80. The molecule has 122 valence electrons. The molecular formula is C15H24F3NO2. The Morgan fingerprint density at radius 2 is 1.67 bits per heavy atom. The van der Waals surface area contributed by atoms with E-state index in [1.54, 1.807) is 0 Å². The van der Waals surface area contributed by atoms with Gasteiger partial charge in [0, 0.05) is 12.5 Å². The number of alkyl halides is 3. The molecule has 0 spiro atoms. The Balaban J connectivity index is 1.75. The first kappa shape index (κ1) is 16.6. The zero-order valence-corrected chi connectivity index (χ0v) is 12.2. The van der Waals surface area contributed by atoms with Crippen molar-refractivity contribution in [1.82, 2.24) is 5.32 Å². The van der Waals surface area contributed by atoms with Crippen molar-refractivity contribution in [3.8, 4) is 0 Å². The first-order valence-electron chi connectivity index (χ1n) is 7.87. The molecule has 1 amide bonds. The molecule has 2 saturated carbocycles. The van der Waals surface area contributed by atoms with Crippen molar-refractivity contribution in [1.29, 1.82) is 0 Å². The standard InChI is InChI=1S/C15H24F3NO2/c16-15(17,18)12-6-4-11(5-7-12)13(20)19-10-14(21)8-2-1-3-9-14/h11-12,21H,1-10H2,(H,19,20). The number of halogens is 3. The van der Waals surface area contributed by atoms with Crippen LogP contribution in [-0.2, 0) is 4.79 Å². The van der Waals surface area contributed by atoms with Gasteiger partial charge in [0.1, 0.15) is 0 Å². The van der Waals surface area contributed by atoms with Gasteiger partial charge in [-0.3, -0.25) is 4.79 Å². The average molecular weight is 307 g/mol. The molecule has 2 N–H and O–H groups in total. The van der Waals surface area contributed by atoms with E-state index in [9.17, 15) is 23.1 Å². The van der Waals surface area contributed by atoms with Crippen LogP contribution in [0, 0.1) is 11.8 Å². The highest BCUT2D eigenvalue weighted by molar-refractivity contribution is 5.78. The molecule has 0 radical (unpaired) electrons. The van der Waals surface area contributed by atoms with Gasteiger partial charge in [-0.25, -0.2) is 0 Å². The lowest BCUT2D eigenvalue weighted by Gasteiger charge is -2.33. The van der Waals surface area contributed by atoms with Crippen molar-refractivity contribution in [3.05, 3.63) is 0 Å². The second-order valence-electron chi connectivity index (χ2n) is 6.59. The largest absolute Gasteiger partial charge is 0.391 e. The Kier molecular flexibility index (Phi) is 5.17. The van der Waals surface area contributed by atoms with Gasteiger partial charge in [0.05, 0.1) is 11.5 Å². The Bertz CT molecular complexity index is 356. The number of aliphatic hydroxyl groups is 1. The molecule has 2 fully saturated rings. The van der Waals surface area contributed by atoms with Gasteiger partial charge in [0.25, 0.3) is 0 Å². The van der Waals surface area contributed by atoms with Crippen molar-refractivity contribution >= 4 is 5.91 Å². The summed E-state index contributed by atoms with van der Waals surface area (Å²) in [6, 6.07) is 0. The van der Waals surface area contributed by atoms with Crippen LogP contribution in [0.4, 0.5) is 13.2 Å². The molecular weight excluding hydrogens is 283 g/mol. The van der Waals surface area contributed by atoms with Crippen LogP contribution < -0.4 is 5.32 Å². The Hall–Kier alpha value is -0.780. The van der Waals surface area contributed by atoms with E-state index in [1.165, 1.54) is 0 Å². The van der Waals surface area contributed by atoms with Crippen molar-refractivity contribution in [2.75, 3.05) is 6.54 Å². The van der Waals surface area contributed by atoms with E-state index in [0.717, 1.165) is 19.3 Å². The SMILES string of the molecule is O=C(NCC1(O)CCCCC1)C1CCC(C(F)(F)F)CC1. The zero-order valence-electron chi connectivity index (χ0n) is 12.2. The average Bonchev–Trinajstić information content (AvgIpc) is 2.45. The van der Waals surface area contributed by atoms with E-state index in [2.05, 4.69) is 5.32 Å². The van der Waals surface area contributed by atoms with Crippen molar-refractivity contribution in [3.63, 3.8) is 0 Å². The van der Waals surface area contributed by atoms with E-state index in [4.69, 9.17) is 0 Å². The maximum absolute atomic E-state index is 12.6. The third kappa shape index (κ3) is 4.59. The molecule has 2 aliphatic carbocycles. The van der Waals surface area contributed by atoms with Gasteiger partial charge in [-0.05, 0) is 38.5 Å². The fourth-order valence-corrected chi connectivity index (χ4v) is 3.47. The third-order valence-electron chi connectivity index (χ3n) is 4.94. The summed E-state index contributed by atoms with van der Waals surface area (Å²) in [5.74, 6) is -1.80. The fourth-order valence-electron chi connectivity index (χ4n) is 3.47. The molecule has 0 heterocycles. The van der Waals surface area contributed by atoms with Gasteiger partial charge in [0.2, 0.25) is 5.91 Å². The number of amides is 1. The van der Waals surface area contributed by atoms with Crippen LogP contribution in [0.15, 0.2) is 0 Å². The molecule has 3 nitrogen and oxygen atoms in total. The Morgan fingerprint density at radius 1 is 1.10 bits per heavy atom. The highest BCUT2D eigenvalue weighted by Gasteiger charge is 2.42. The number of rotatable bonds is 3. The normalized spacial score (nSPS) is 29.9. The lowest BCUT2D eigenvalue weighted by atomic mass is 9.81. The molecule has 2 rings (SSSR count). The molecule has 0 aromatic rings. The smallest absolute Gasteiger partial charge is 0.388 e. The van der Waals surface area contributed by atoms with Gasteiger partial charge in [-0.1, -0.05) is 19.3 Å². The second-order valence-corrected chi connectivity index (χ2v) is 6.59. The zero-order chi connectivity index (χ0) is 15.5. The van der Waals surface area contributed by atoms with Crippen molar-refractivity contribution in [2.45, 2.75) is 69.6 Å². The number of carbonyl (C=O) groups excluding carboxylic acids is 1. The topological polar surface area (TPSA) is 49.3 Å². The van der Waals surface area contributed by atoms with Crippen LogP contribution in [-0.4, -0.2) is 29.3 Å². The Labute approximate surface area is 123 Å². The summed E-state index contributed by atoms with van der Waals surface area (Å²) < 4.78 is 37.7. The maximum Gasteiger partial charge on any atom is 0.391 e. The summed E-state index contributed by atoms with van der Waals surface area (Å²) in [5.41, 5.74) is -0.822. The quantitative estimate of drug-likeness (QED) is 0.841. The van der Waals surface area contributed by atoms with Crippen LogP contribution >= 0.6 is 0 Å². The number of hydrogen-bond acceptors (Lipinski definition) is 2. The molecule has 6 heteroatoms. The number of hydrogen-bond donors (Lipinski definition) is 2. The summed E-state index contributed by atoms with van der Waals surface area (Å²) in [6.45, 7) is 0.227. The van der Waals surface area contributed by atoms with Crippen LogP contribution in [0.1, 0.15) is 57.8 Å². The van der Waals surface area contributed by atoms with E-state index >= 15 is 0 Å². The molecule has 0 aromatic heterocycles. The van der Waals surface area contributed by atoms with Crippen molar-refractivity contribution < 1.29 is 23.1 Å². The van der Waals surface area contributed by atoms with E-state index < -0.39 is 17.7 Å². The van der Waals surface area contributed by atoms with Crippen LogP contribution in [0.3, 0.4) is 0 Å². The monoisotopic (exact) mass is 307 g/mol. The van der Waals surface area contributed by atoms with Gasteiger partial charge < -0.3 is 10.4 Å². The number of carbonyl (C=O) groups is 1. The number of nitrogens with one attached hydrogen (secondary N) is 1. The molecule has 0 saturated heterocycles. The highest BCUT2D eigenvalue weighted by atomic mass is 19.4. The first-order valence-corrected chi connectivity index (χ1v) is 7.87. The van der Waals surface area contributed by atoms with Gasteiger partial charge in [-0.15, -0.1) is 0 Å². The summed E-state index contributed by atoms with van der Waals surface area (Å²) in [4.78, 5) is 12.0. The molecule has 0 aromatic carbocycles. The summed E-state index contributed by atoms with van der Waals surface area (Å²) >= 11 is 0. The summed E-state index contributed by atoms with van der Waals surface area (Å²) in [6.07, 6.45) is 0.908. The molecule has 2 aliphatic rings. The minimum Gasteiger partial charge on any atom is -0.388 e. The molecule has 0 bridgehead atoms. The molecule has 0 aliphatic heterocycles. The van der Waals surface area contributed by atoms with E-state index in [1.807, 2.05) is 0 Å². The summed E-state index contributed by atoms with van der Waals surface area (Å²) in [7, 11) is 0. The van der Waals surface area contributed by atoms with E-state index in [0.29, 0.717) is 12.8 Å². The van der Waals surface area contributed by atoms with Crippen molar-refractivity contribution in [2.24, 2.45) is 11.8 Å². The highest BCUT2D eigenvalue weighted by Crippen LogP contribution is 2.39. The maximum atomic E-state index is 12.6. The summed E-state index contributed by atoms with van der Waals surface area (Å²) in [5, 5.41) is 13.0. The molecule has 0 unspecified atom stereocenters. The predicted molar refractivity (Wildman–Crippen MR) is 72.5 cm³/mol. The van der Waals surface area contributed by atoms with Gasteiger partial charge in [0.15, 0.2) is 0 Å². The van der Waals surface area contributed by atoms with Crippen LogP contribution in [0.5, 0.6) is 0 Å². The predicted octanol–water partition coefficient (Wildman–Crippen LogP) is 3.17. The minimum absolute atomic E-state index is 0.0336. The van der Waals surface area contributed by atoms with Gasteiger partial charge >= 0.3 is 6.18 Å². The van der Waals surface area contributed by atoms with Crippen LogP contribution in [0.2, 0.25) is 0 Å². The van der Waals surface area contributed by atoms with Gasteiger partial charge in [-0.2, -0.15) is 13.2 Å². The van der Waals surface area contributed by atoms with E-state index in [-0.39, 0.29) is 44.1 Å². The van der Waals surface area contributed by atoms with Crippen LogP contribution in [0.25, 0.3) is 0 Å². The lowest BCUT2D eigenvalue weighted by molar-refractivity contribution is -0.184. The molecule has 21 heavy (non-hydrogen) atoms. The Morgan fingerprint density at radius 3 is 2.19 bits per heavy atom. The second kappa shape index (κ2) is 6.55. The third-order valence-corrected chi connectivity index (χ3v) is 4.94. The minimum atomic E-state index is -4.14. The molecule has 0 atom stereocenters. The lowest BCUT2D eigenvalue weighted by Crippen LogP contribution is -2.46.